The lowest BCUT2D eigenvalue weighted by Crippen LogP contribution is -2.54. The van der Waals surface area contributed by atoms with Crippen LogP contribution in [0.2, 0.25) is 0 Å². The maximum atomic E-state index is 12.5. The largest absolute Gasteiger partial charge is 0.363 e. The zero-order valence-electron chi connectivity index (χ0n) is 15.8. The number of piperidine rings is 1. The predicted molar refractivity (Wildman–Crippen MR) is 99.6 cm³/mol. The Hall–Kier alpha value is -1.62. The molecule has 0 aliphatic carbocycles. The number of aromatic nitrogens is 1. The van der Waals surface area contributed by atoms with Crippen LogP contribution in [0.5, 0.6) is 0 Å². The van der Waals surface area contributed by atoms with Gasteiger partial charge in [-0.2, -0.15) is 0 Å². The standard InChI is InChI=1S/C19H32N4O/c1-6-15-8-7-11-23(13-15)19(2,3)14-21-18(24)16-9-10-20-17(12-16)22(4)5/h9-10,12,15H,6-8,11,13-14H2,1-5H3,(H,21,24). The first-order valence-electron chi connectivity index (χ1n) is 9.00. The van der Waals surface area contributed by atoms with Crippen molar-refractivity contribution in [3.63, 3.8) is 0 Å². The van der Waals surface area contributed by atoms with Crippen molar-refractivity contribution in [2.24, 2.45) is 5.92 Å². The molecule has 1 aliphatic heterocycles. The number of rotatable bonds is 6. The van der Waals surface area contributed by atoms with Crippen LogP contribution in [0.4, 0.5) is 5.82 Å². The lowest BCUT2D eigenvalue weighted by Gasteiger charge is -2.43. The molecule has 1 amide bonds. The second-order valence-corrected chi connectivity index (χ2v) is 7.65. The number of anilines is 1. The Labute approximate surface area is 146 Å². The molecule has 5 heteroatoms. The third-order valence-corrected chi connectivity index (χ3v) is 5.10. The summed E-state index contributed by atoms with van der Waals surface area (Å²) in [5.74, 6) is 1.55. The third kappa shape index (κ3) is 4.69. The Bertz CT molecular complexity index is 556. The van der Waals surface area contributed by atoms with E-state index < -0.39 is 0 Å². The first-order chi connectivity index (χ1) is 11.3. The lowest BCUT2D eigenvalue weighted by atomic mass is 9.91. The molecule has 134 valence electrons. The quantitative estimate of drug-likeness (QED) is 0.870. The van der Waals surface area contributed by atoms with Crippen LogP contribution in [0.3, 0.4) is 0 Å². The van der Waals surface area contributed by atoms with Crippen molar-refractivity contribution in [1.82, 2.24) is 15.2 Å². The van der Waals surface area contributed by atoms with E-state index in [1.165, 1.54) is 19.3 Å². The highest BCUT2D eigenvalue weighted by Crippen LogP contribution is 2.25. The van der Waals surface area contributed by atoms with Crippen LogP contribution >= 0.6 is 0 Å². The van der Waals surface area contributed by atoms with Crippen molar-refractivity contribution in [3.8, 4) is 0 Å². The van der Waals surface area contributed by atoms with E-state index in [0.29, 0.717) is 12.1 Å². The van der Waals surface area contributed by atoms with Gasteiger partial charge in [-0.3, -0.25) is 9.69 Å². The molecule has 2 heterocycles. The number of amides is 1. The predicted octanol–water partition coefficient (Wildman–Crippen LogP) is 2.78. The highest BCUT2D eigenvalue weighted by Gasteiger charge is 2.31. The molecular weight excluding hydrogens is 300 g/mol. The first-order valence-corrected chi connectivity index (χ1v) is 9.00. The van der Waals surface area contributed by atoms with E-state index in [0.717, 1.165) is 24.8 Å². The van der Waals surface area contributed by atoms with Gasteiger partial charge in [0.1, 0.15) is 5.82 Å². The van der Waals surface area contributed by atoms with Crippen LogP contribution in [0.15, 0.2) is 18.3 Å². The molecule has 0 radical (unpaired) electrons. The number of hydrogen-bond acceptors (Lipinski definition) is 4. The number of pyridine rings is 1. The molecule has 1 aromatic heterocycles. The Balaban J connectivity index is 1.96. The van der Waals surface area contributed by atoms with Crippen molar-refractivity contribution in [1.29, 1.82) is 0 Å². The van der Waals surface area contributed by atoms with Crippen LogP contribution < -0.4 is 10.2 Å². The average molecular weight is 332 g/mol. The summed E-state index contributed by atoms with van der Waals surface area (Å²) in [6.07, 6.45) is 5.52. The maximum Gasteiger partial charge on any atom is 0.251 e. The van der Waals surface area contributed by atoms with Gasteiger partial charge in [0, 0.05) is 44.5 Å². The fourth-order valence-electron chi connectivity index (χ4n) is 3.26. The molecule has 1 saturated heterocycles. The number of nitrogens with zero attached hydrogens (tertiary/aromatic N) is 3. The summed E-state index contributed by atoms with van der Waals surface area (Å²) in [6, 6.07) is 3.60. The van der Waals surface area contributed by atoms with Crippen LogP contribution in [0.25, 0.3) is 0 Å². The van der Waals surface area contributed by atoms with Crippen molar-refractivity contribution in [3.05, 3.63) is 23.9 Å². The molecule has 24 heavy (non-hydrogen) atoms. The maximum absolute atomic E-state index is 12.5. The second kappa shape index (κ2) is 7.97. The fraction of sp³-hybridized carbons (Fsp3) is 0.684. The monoisotopic (exact) mass is 332 g/mol. The molecule has 0 bridgehead atoms. The van der Waals surface area contributed by atoms with E-state index >= 15 is 0 Å². The van der Waals surface area contributed by atoms with Gasteiger partial charge in [-0.25, -0.2) is 4.98 Å². The minimum Gasteiger partial charge on any atom is -0.363 e. The molecule has 5 nitrogen and oxygen atoms in total. The van der Waals surface area contributed by atoms with E-state index in [9.17, 15) is 4.79 Å². The van der Waals surface area contributed by atoms with E-state index in [1.54, 1.807) is 12.3 Å². The number of nitrogens with one attached hydrogen (secondary N) is 1. The lowest BCUT2D eigenvalue weighted by molar-refractivity contribution is 0.0612. The molecule has 1 aromatic rings. The highest BCUT2D eigenvalue weighted by molar-refractivity contribution is 5.94. The second-order valence-electron chi connectivity index (χ2n) is 7.65. The van der Waals surface area contributed by atoms with Gasteiger partial charge >= 0.3 is 0 Å². The van der Waals surface area contributed by atoms with Gasteiger partial charge in [0.2, 0.25) is 0 Å². The topological polar surface area (TPSA) is 48.5 Å². The summed E-state index contributed by atoms with van der Waals surface area (Å²) in [5.41, 5.74) is 0.635. The zero-order valence-corrected chi connectivity index (χ0v) is 15.8. The van der Waals surface area contributed by atoms with Crippen molar-refractivity contribution in [2.45, 2.75) is 45.6 Å². The summed E-state index contributed by atoms with van der Waals surface area (Å²) in [7, 11) is 3.85. The fourth-order valence-corrected chi connectivity index (χ4v) is 3.26. The minimum atomic E-state index is -0.0300. The minimum absolute atomic E-state index is 0.0269. The van der Waals surface area contributed by atoms with Gasteiger partial charge in [0.15, 0.2) is 0 Å². The van der Waals surface area contributed by atoms with E-state index in [1.807, 2.05) is 25.1 Å². The van der Waals surface area contributed by atoms with Gasteiger partial charge in [0.25, 0.3) is 5.91 Å². The summed E-state index contributed by atoms with van der Waals surface area (Å²) in [6.45, 7) is 9.64. The first kappa shape index (κ1) is 18.7. The van der Waals surface area contributed by atoms with E-state index in [4.69, 9.17) is 0 Å². The molecule has 1 fully saturated rings. The Morgan fingerprint density at radius 2 is 2.21 bits per heavy atom. The number of likely N-dealkylation sites (tertiary alicyclic amines) is 1. The smallest absolute Gasteiger partial charge is 0.251 e. The summed E-state index contributed by atoms with van der Waals surface area (Å²) < 4.78 is 0. The SMILES string of the molecule is CCC1CCCN(C(C)(C)CNC(=O)c2ccnc(N(C)C)c2)C1. The van der Waals surface area contributed by atoms with Crippen molar-refractivity contribution < 1.29 is 4.79 Å². The molecule has 1 aliphatic rings. The summed E-state index contributed by atoms with van der Waals surface area (Å²) >= 11 is 0. The van der Waals surface area contributed by atoms with Crippen molar-refractivity contribution in [2.75, 3.05) is 38.6 Å². The van der Waals surface area contributed by atoms with Gasteiger partial charge in [0.05, 0.1) is 0 Å². The molecular formula is C19H32N4O. The number of carbonyl (C=O) groups excluding carboxylic acids is 1. The van der Waals surface area contributed by atoms with Crippen molar-refractivity contribution >= 4 is 11.7 Å². The van der Waals surface area contributed by atoms with Gasteiger partial charge < -0.3 is 10.2 Å². The van der Waals surface area contributed by atoms with Gasteiger partial charge in [-0.15, -0.1) is 0 Å². The van der Waals surface area contributed by atoms with Gasteiger partial charge in [-0.1, -0.05) is 13.3 Å². The molecule has 1 N–H and O–H groups in total. The Kier molecular flexibility index (Phi) is 6.21. The third-order valence-electron chi connectivity index (χ3n) is 5.10. The molecule has 1 atom stereocenters. The van der Waals surface area contributed by atoms with Crippen LogP contribution in [0.1, 0.15) is 50.4 Å². The molecule has 0 aromatic carbocycles. The summed E-state index contributed by atoms with van der Waals surface area (Å²) in [4.78, 5) is 21.2. The van der Waals surface area contributed by atoms with Gasteiger partial charge in [-0.05, 0) is 51.3 Å². The Morgan fingerprint density at radius 1 is 1.46 bits per heavy atom. The highest BCUT2D eigenvalue weighted by atomic mass is 16.1. The van der Waals surface area contributed by atoms with E-state index in [-0.39, 0.29) is 11.4 Å². The molecule has 1 unspecified atom stereocenters. The zero-order chi connectivity index (χ0) is 17.7. The molecule has 0 spiro atoms. The van der Waals surface area contributed by atoms with E-state index in [2.05, 4.69) is 36.0 Å². The number of hydrogen-bond donors (Lipinski definition) is 1. The summed E-state index contributed by atoms with van der Waals surface area (Å²) in [5, 5.41) is 3.11. The van der Waals surface area contributed by atoms with Crippen LogP contribution in [0, 0.1) is 5.92 Å². The molecule has 0 saturated carbocycles. The average Bonchev–Trinajstić information content (AvgIpc) is 2.59. The van der Waals surface area contributed by atoms with Crippen LogP contribution in [-0.4, -0.2) is 55.1 Å². The Morgan fingerprint density at radius 3 is 2.88 bits per heavy atom. The normalized spacial score (nSPS) is 19.1. The number of carbonyl (C=O) groups is 1. The van der Waals surface area contributed by atoms with Crippen LogP contribution in [-0.2, 0) is 0 Å². The molecule has 2 rings (SSSR count).